The highest BCUT2D eigenvalue weighted by atomic mass is 16.5. The van der Waals surface area contributed by atoms with E-state index >= 15 is 0 Å². The van der Waals surface area contributed by atoms with Gasteiger partial charge in [0.2, 0.25) is 11.6 Å². The van der Waals surface area contributed by atoms with Gasteiger partial charge in [0, 0.05) is 23.5 Å². The summed E-state index contributed by atoms with van der Waals surface area (Å²) in [6, 6.07) is 7.75. The summed E-state index contributed by atoms with van der Waals surface area (Å²) < 4.78 is 10.2. The lowest BCUT2D eigenvalue weighted by atomic mass is 10.0. The molecule has 0 radical (unpaired) electrons. The van der Waals surface area contributed by atoms with Gasteiger partial charge in [0.05, 0.1) is 14.2 Å². The average molecular weight is 271 g/mol. The summed E-state index contributed by atoms with van der Waals surface area (Å²) in [4.78, 5) is 28.0. The Morgan fingerprint density at radius 2 is 1.65 bits per heavy atom. The average Bonchev–Trinajstić information content (AvgIpc) is 2.53. The van der Waals surface area contributed by atoms with Crippen molar-refractivity contribution < 1.29 is 19.1 Å². The monoisotopic (exact) mass is 271 g/mol. The number of ketones is 2. The second-order valence-corrected chi connectivity index (χ2v) is 3.97. The van der Waals surface area contributed by atoms with E-state index in [0.717, 1.165) is 0 Å². The molecule has 5 heteroatoms. The number of carbonyl (C=O) groups excluding carboxylic acids is 2. The molecule has 102 valence electrons. The van der Waals surface area contributed by atoms with Crippen molar-refractivity contribution in [3.63, 3.8) is 0 Å². The van der Waals surface area contributed by atoms with E-state index in [9.17, 15) is 9.59 Å². The maximum atomic E-state index is 12.1. The van der Waals surface area contributed by atoms with Gasteiger partial charge >= 0.3 is 0 Å². The first-order chi connectivity index (χ1) is 9.67. The van der Waals surface area contributed by atoms with E-state index in [4.69, 9.17) is 9.47 Å². The summed E-state index contributed by atoms with van der Waals surface area (Å²) in [5.74, 6) is -0.320. The Hall–Kier alpha value is -2.69. The topological polar surface area (TPSA) is 65.5 Å². The highest BCUT2D eigenvalue weighted by Crippen LogP contribution is 2.28. The Labute approximate surface area is 116 Å². The van der Waals surface area contributed by atoms with Gasteiger partial charge in [-0.1, -0.05) is 0 Å². The Morgan fingerprint density at radius 1 is 0.950 bits per heavy atom. The smallest absolute Gasteiger partial charge is 0.235 e. The zero-order valence-electron chi connectivity index (χ0n) is 11.1. The van der Waals surface area contributed by atoms with Crippen molar-refractivity contribution in [3.8, 4) is 11.5 Å². The van der Waals surface area contributed by atoms with Gasteiger partial charge in [-0.25, -0.2) is 0 Å². The Bertz CT molecular complexity index is 638. The van der Waals surface area contributed by atoms with Crippen molar-refractivity contribution in [2.75, 3.05) is 14.2 Å². The van der Waals surface area contributed by atoms with Crippen molar-refractivity contribution in [1.82, 2.24) is 4.98 Å². The van der Waals surface area contributed by atoms with Crippen LogP contribution in [0.25, 0.3) is 0 Å². The molecule has 1 aromatic heterocycles. The molecule has 1 heterocycles. The van der Waals surface area contributed by atoms with Crippen molar-refractivity contribution in [2.45, 2.75) is 0 Å². The molecular weight excluding hydrogens is 258 g/mol. The van der Waals surface area contributed by atoms with Gasteiger partial charge in [-0.15, -0.1) is 0 Å². The van der Waals surface area contributed by atoms with Crippen LogP contribution in [0.3, 0.4) is 0 Å². The molecule has 0 saturated heterocycles. The number of pyridine rings is 1. The highest BCUT2D eigenvalue weighted by Gasteiger charge is 2.19. The molecule has 0 N–H and O–H groups in total. The fraction of sp³-hybridized carbons (Fsp3) is 0.133. The largest absolute Gasteiger partial charge is 0.493 e. The normalized spacial score (nSPS) is 9.90. The minimum absolute atomic E-state index is 0.247. The van der Waals surface area contributed by atoms with Gasteiger partial charge in [0.15, 0.2) is 11.5 Å². The number of Topliss-reactive ketones (excluding diaryl/α,β-unsaturated/α-hetero) is 2. The lowest BCUT2D eigenvalue weighted by Crippen LogP contribution is -2.14. The first-order valence-corrected chi connectivity index (χ1v) is 5.88. The van der Waals surface area contributed by atoms with Gasteiger partial charge in [-0.3, -0.25) is 14.6 Å². The van der Waals surface area contributed by atoms with Crippen LogP contribution < -0.4 is 9.47 Å². The zero-order valence-corrected chi connectivity index (χ0v) is 11.1. The lowest BCUT2D eigenvalue weighted by molar-refractivity contribution is 0.0816. The predicted octanol–water partition coefficient (Wildman–Crippen LogP) is 2.16. The van der Waals surface area contributed by atoms with Crippen LogP contribution in [0.4, 0.5) is 0 Å². The fourth-order valence-electron chi connectivity index (χ4n) is 1.74. The minimum atomic E-state index is -0.612. The molecule has 2 aromatic rings. The molecule has 0 spiro atoms. The van der Waals surface area contributed by atoms with Crippen molar-refractivity contribution in [2.24, 2.45) is 0 Å². The summed E-state index contributed by atoms with van der Waals surface area (Å²) in [5.41, 5.74) is 0.504. The van der Waals surface area contributed by atoms with Crippen molar-refractivity contribution >= 4 is 11.6 Å². The Kier molecular flexibility index (Phi) is 4.10. The molecule has 1 aromatic carbocycles. The number of carbonyl (C=O) groups is 2. The molecular formula is C15H13NO4. The zero-order chi connectivity index (χ0) is 14.5. The Balaban J connectivity index is 2.32. The fourth-order valence-corrected chi connectivity index (χ4v) is 1.74. The summed E-state index contributed by atoms with van der Waals surface area (Å²) >= 11 is 0. The molecule has 2 rings (SSSR count). The first-order valence-electron chi connectivity index (χ1n) is 5.88. The molecule has 0 unspecified atom stereocenters. The quantitative estimate of drug-likeness (QED) is 0.616. The number of nitrogens with zero attached hydrogens (tertiary/aromatic N) is 1. The maximum absolute atomic E-state index is 12.1. The van der Waals surface area contributed by atoms with Crippen LogP contribution in [-0.2, 0) is 0 Å². The van der Waals surface area contributed by atoms with E-state index < -0.39 is 11.6 Å². The van der Waals surface area contributed by atoms with E-state index in [1.807, 2.05) is 0 Å². The molecule has 0 aliphatic heterocycles. The highest BCUT2D eigenvalue weighted by molar-refractivity contribution is 6.49. The van der Waals surface area contributed by atoms with Crippen LogP contribution in [0.15, 0.2) is 42.7 Å². The molecule has 0 fully saturated rings. The number of benzene rings is 1. The van der Waals surface area contributed by atoms with Crippen molar-refractivity contribution in [3.05, 3.63) is 53.9 Å². The van der Waals surface area contributed by atoms with Crippen LogP contribution in [0.1, 0.15) is 20.7 Å². The second-order valence-electron chi connectivity index (χ2n) is 3.97. The molecule has 20 heavy (non-hydrogen) atoms. The third-order valence-electron chi connectivity index (χ3n) is 2.78. The summed E-state index contributed by atoms with van der Waals surface area (Å²) in [6.45, 7) is 0. The van der Waals surface area contributed by atoms with E-state index in [2.05, 4.69) is 4.98 Å². The predicted molar refractivity (Wildman–Crippen MR) is 72.4 cm³/mol. The molecule has 0 aliphatic rings. The van der Waals surface area contributed by atoms with Gasteiger partial charge in [-0.2, -0.15) is 0 Å². The van der Waals surface area contributed by atoms with Crippen LogP contribution in [0.5, 0.6) is 11.5 Å². The van der Waals surface area contributed by atoms with E-state index in [0.29, 0.717) is 11.5 Å². The van der Waals surface area contributed by atoms with Crippen LogP contribution in [0, 0.1) is 0 Å². The molecule has 0 bridgehead atoms. The van der Waals surface area contributed by atoms with Crippen LogP contribution >= 0.6 is 0 Å². The number of hydrogen-bond acceptors (Lipinski definition) is 5. The van der Waals surface area contributed by atoms with E-state index in [-0.39, 0.29) is 11.1 Å². The number of rotatable bonds is 5. The number of hydrogen-bond donors (Lipinski definition) is 0. The summed E-state index contributed by atoms with van der Waals surface area (Å²) in [7, 11) is 2.97. The minimum Gasteiger partial charge on any atom is -0.493 e. The lowest BCUT2D eigenvalue weighted by Gasteiger charge is -2.08. The third kappa shape index (κ3) is 2.66. The molecule has 0 saturated carbocycles. The van der Waals surface area contributed by atoms with Gasteiger partial charge in [0.25, 0.3) is 0 Å². The number of methoxy groups -OCH3 is 2. The number of ether oxygens (including phenoxy) is 2. The van der Waals surface area contributed by atoms with E-state index in [1.165, 1.54) is 38.7 Å². The molecule has 0 amide bonds. The maximum Gasteiger partial charge on any atom is 0.235 e. The van der Waals surface area contributed by atoms with E-state index in [1.54, 1.807) is 18.2 Å². The summed E-state index contributed by atoms with van der Waals surface area (Å²) in [5, 5.41) is 0. The second kappa shape index (κ2) is 5.97. The Morgan fingerprint density at radius 3 is 2.25 bits per heavy atom. The van der Waals surface area contributed by atoms with Gasteiger partial charge in [0.1, 0.15) is 0 Å². The van der Waals surface area contributed by atoms with Crippen molar-refractivity contribution in [1.29, 1.82) is 0 Å². The first kappa shape index (κ1) is 13.7. The molecule has 0 atom stereocenters. The van der Waals surface area contributed by atoms with Gasteiger partial charge < -0.3 is 9.47 Å². The summed E-state index contributed by atoms with van der Waals surface area (Å²) in [6.07, 6.45) is 2.90. The van der Waals surface area contributed by atoms with Gasteiger partial charge in [-0.05, 0) is 30.3 Å². The molecule has 5 nitrogen and oxygen atoms in total. The standard InChI is InChI=1S/C15H13NO4/c1-19-12-6-5-10(8-13(12)20-2)14(17)15(18)11-4-3-7-16-9-11/h3-9H,1-2H3. The van der Waals surface area contributed by atoms with Crippen LogP contribution in [-0.4, -0.2) is 30.8 Å². The third-order valence-corrected chi connectivity index (χ3v) is 2.78. The SMILES string of the molecule is COc1ccc(C(=O)C(=O)c2cccnc2)cc1OC. The molecule has 0 aliphatic carbocycles. The number of aromatic nitrogens is 1. The van der Waals surface area contributed by atoms with Crippen LogP contribution in [0.2, 0.25) is 0 Å².